The molecule has 2 amide bonds. The Bertz CT molecular complexity index is 1200. The van der Waals surface area contributed by atoms with E-state index in [2.05, 4.69) is 11.9 Å². The molecule has 1 fully saturated rings. The first kappa shape index (κ1) is 22.1. The molecule has 0 radical (unpaired) electrons. The Balaban J connectivity index is 1.79. The molecule has 6 nitrogen and oxygen atoms in total. The lowest BCUT2D eigenvalue weighted by molar-refractivity contribution is -0.126. The first-order valence-corrected chi connectivity index (χ1v) is 11.2. The van der Waals surface area contributed by atoms with Gasteiger partial charge in [0.2, 0.25) is 11.9 Å². The van der Waals surface area contributed by atoms with Crippen LogP contribution in [0, 0.1) is 13.8 Å². The van der Waals surface area contributed by atoms with Gasteiger partial charge in [0.05, 0.1) is 22.1 Å². The number of fused-ring (bicyclic) bond motifs is 1. The number of hydrogen-bond donors (Lipinski definition) is 1. The predicted octanol–water partition coefficient (Wildman–Crippen LogP) is 5.30. The average molecular weight is 451 g/mol. The number of likely N-dealkylation sites (tertiary alicyclic amines) is 1. The SMILES string of the molecule is C=CC(=O)N1CCCCC(n2c(NC(=O)c3cccc(C)c3)nc3cc(C)cc(Cl)c32)C1. The minimum atomic E-state index is -0.231. The molecule has 0 saturated carbocycles. The van der Waals surface area contributed by atoms with Gasteiger partial charge in [-0.25, -0.2) is 4.98 Å². The summed E-state index contributed by atoms with van der Waals surface area (Å²) in [4.78, 5) is 32.0. The van der Waals surface area contributed by atoms with Gasteiger partial charge in [-0.15, -0.1) is 0 Å². The highest BCUT2D eigenvalue weighted by Crippen LogP contribution is 2.34. The summed E-state index contributed by atoms with van der Waals surface area (Å²) in [6.45, 7) is 8.74. The van der Waals surface area contributed by atoms with Gasteiger partial charge in [0.25, 0.3) is 5.91 Å². The van der Waals surface area contributed by atoms with Gasteiger partial charge in [-0.3, -0.25) is 14.9 Å². The van der Waals surface area contributed by atoms with Crippen LogP contribution in [0.1, 0.15) is 46.8 Å². The second kappa shape index (κ2) is 9.17. The molecule has 1 aromatic heterocycles. The van der Waals surface area contributed by atoms with E-state index in [0.717, 1.165) is 41.4 Å². The van der Waals surface area contributed by atoms with Crippen LogP contribution in [0.5, 0.6) is 0 Å². The number of carbonyl (C=O) groups is 2. The number of aromatic nitrogens is 2. The van der Waals surface area contributed by atoms with E-state index in [9.17, 15) is 9.59 Å². The van der Waals surface area contributed by atoms with E-state index in [4.69, 9.17) is 16.6 Å². The molecule has 2 aromatic carbocycles. The largest absolute Gasteiger partial charge is 0.337 e. The summed E-state index contributed by atoms with van der Waals surface area (Å²) in [5, 5.41) is 3.57. The van der Waals surface area contributed by atoms with Gasteiger partial charge in [0.15, 0.2) is 0 Å². The van der Waals surface area contributed by atoms with Crippen LogP contribution in [0.2, 0.25) is 5.02 Å². The van der Waals surface area contributed by atoms with Gasteiger partial charge < -0.3 is 9.47 Å². The molecule has 0 spiro atoms. The summed E-state index contributed by atoms with van der Waals surface area (Å²) >= 11 is 6.67. The lowest BCUT2D eigenvalue weighted by Crippen LogP contribution is -2.34. The summed E-state index contributed by atoms with van der Waals surface area (Å²) in [6, 6.07) is 11.2. The quantitative estimate of drug-likeness (QED) is 0.548. The van der Waals surface area contributed by atoms with Crippen molar-refractivity contribution < 1.29 is 9.59 Å². The fourth-order valence-corrected chi connectivity index (χ4v) is 4.74. The highest BCUT2D eigenvalue weighted by Gasteiger charge is 2.27. The van der Waals surface area contributed by atoms with Crippen molar-refractivity contribution >= 4 is 40.4 Å². The van der Waals surface area contributed by atoms with Gasteiger partial charge in [0.1, 0.15) is 0 Å². The molecule has 1 atom stereocenters. The van der Waals surface area contributed by atoms with Gasteiger partial charge in [-0.05, 0) is 69.0 Å². The van der Waals surface area contributed by atoms with E-state index in [-0.39, 0.29) is 17.9 Å². The van der Waals surface area contributed by atoms with Crippen LogP contribution in [-0.4, -0.2) is 39.4 Å². The zero-order valence-corrected chi connectivity index (χ0v) is 19.2. The number of benzene rings is 2. The van der Waals surface area contributed by atoms with Crippen LogP contribution >= 0.6 is 11.6 Å². The summed E-state index contributed by atoms with van der Waals surface area (Å²) < 4.78 is 2.00. The second-order valence-corrected chi connectivity index (χ2v) is 8.79. The number of nitrogens with zero attached hydrogens (tertiary/aromatic N) is 3. The summed E-state index contributed by atoms with van der Waals surface area (Å²) in [5.41, 5.74) is 4.06. The number of aryl methyl sites for hydroxylation is 2. The number of amides is 2. The molecule has 0 aliphatic carbocycles. The standard InChI is InChI=1S/C25H27ClN4O2/c1-4-22(31)29-11-6-5-10-19(15-29)30-23-20(26)13-17(3)14-21(23)27-25(30)28-24(32)18-9-7-8-16(2)12-18/h4,7-9,12-14,19H,1,5-6,10-11,15H2,2-3H3,(H,27,28,32). The Hall–Kier alpha value is -3.12. The Labute approximate surface area is 192 Å². The smallest absolute Gasteiger partial charge is 0.257 e. The van der Waals surface area contributed by atoms with Crippen molar-refractivity contribution in [2.75, 3.05) is 18.4 Å². The molecule has 2 heterocycles. The number of halogens is 1. The fourth-order valence-electron chi connectivity index (χ4n) is 4.38. The number of nitrogens with one attached hydrogen (secondary N) is 1. The third-order valence-corrected chi connectivity index (χ3v) is 6.17. The minimum Gasteiger partial charge on any atom is -0.337 e. The number of rotatable bonds is 4. The van der Waals surface area contributed by atoms with E-state index in [0.29, 0.717) is 29.6 Å². The maximum absolute atomic E-state index is 13.0. The molecule has 1 aliphatic heterocycles. The van der Waals surface area contributed by atoms with Crippen molar-refractivity contribution in [3.05, 3.63) is 70.8 Å². The van der Waals surface area contributed by atoms with Crippen molar-refractivity contribution in [3.8, 4) is 0 Å². The molecule has 32 heavy (non-hydrogen) atoms. The molecule has 166 valence electrons. The van der Waals surface area contributed by atoms with Crippen LogP contribution in [-0.2, 0) is 4.79 Å². The average Bonchev–Trinajstić information content (AvgIpc) is 2.94. The van der Waals surface area contributed by atoms with Crippen molar-refractivity contribution in [2.24, 2.45) is 0 Å². The predicted molar refractivity (Wildman–Crippen MR) is 128 cm³/mol. The highest BCUT2D eigenvalue weighted by molar-refractivity contribution is 6.35. The molecule has 0 bridgehead atoms. The minimum absolute atomic E-state index is 0.0700. The molecule has 1 N–H and O–H groups in total. The topological polar surface area (TPSA) is 67.2 Å². The van der Waals surface area contributed by atoms with Crippen molar-refractivity contribution in [3.63, 3.8) is 0 Å². The second-order valence-electron chi connectivity index (χ2n) is 8.38. The van der Waals surface area contributed by atoms with Crippen LogP contribution in [0.4, 0.5) is 5.95 Å². The van der Waals surface area contributed by atoms with E-state index in [1.807, 2.05) is 53.6 Å². The molecular formula is C25H27ClN4O2. The first-order chi connectivity index (χ1) is 15.4. The Morgan fingerprint density at radius 2 is 2.00 bits per heavy atom. The molecular weight excluding hydrogens is 424 g/mol. The number of anilines is 1. The monoisotopic (exact) mass is 450 g/mol. The molecule has 3 aromatic rings. The third-order valence-electron chi connectivity index (χ3n) is 5.89. The van der Waals surface area contributed by atoms with Crippen molar-refractivity contribution in [1.29, 1.82) is 0 Å². The maximum atomic E-state index is 13.0. The molecule has 1 saturated heterocycles. The van der Waals surface area contributed by atoms with E-state index in [1.54, 1.807) is 6.07 Å². The maximum Gasteiger partial charge on any atom is 0.257 e. The summed E-state index contributed by atoms with van der Waals surface area (Å²) in [5.74, 6) is 0.122. The van der Waals surface area contributed by atoms with Crippen LogP contribution in [0.15, 0.2) is 49.1 Å². The van der Waals surface area contributed by atoms with Crippen LogP contribution in [0.25, 0.3) is 11.0 Å². The highest BCUT2D eigenvalue weighted by atomic mass is 35.5. The number of imidazole rings is 1. The molecule has 4 rings (SSSR count). The van der Waals surface area contributed by atoms with Crippen molar-refractivity contribution in [1.82, 2.24) is 14.5 Å². The molecule has 1 aliphatic rings. The zero-order chi connectivity index (χ0) is 22.8. The molecule has 1 unspecified atom stereocenters. The van der Waals surface area contributed by atoms with Crippen LogP contribution in [0.3, 0.4) is 0 Å². The van der Waals surface area contributed by atoms with E-state index < -0.39 is 0 Å². The summed E-state index contributed by atoms with van der Waals surface area (Å²) in [7, 11) is 0. The van der Waals surface area contributed by atoms with Gasteiger partial charge in [0, 0.05) is 18.7 Å². The fraction of sp³-hybridized carbons (Fsp3) is 0.320. The number of carbonyl (C=O) groups excluding carboxylic acids is 2. The van der Waals surface area contributed by atoms with E-state index in [1.165, 1.54) is 6.08 Å². The molecule has 7 heteroatoms. The van der Waals surface area contributed by atoms with Gasteiger partial charge in [-0.2, -0.15) is 0 Å². The van der Waals surface area contributed by atoms with Gasteiger partial charge in [-0.1, -0.05) is 35.9 Å². The van der Waals surface area contributed by atoms with Crippen molar-refractivity contribution in [2.45, 2.75) is 39.2 Å². The Morgan fingerprint density at radius 3 is 2.75 bits per heavy atom. The summed E-state index contributed by atoms with van der Waals surface area (Å²) in [6.07, 6.45) is 4.08. The lowest BCUT2D eigenvalue weighted by atomic mass is 10.1. The zero-order valence-electron chi connectivity index (χ0n) is 18.4. The third kappa shape index (κ3) is 4.41. The Morgan fingerprint density at radius 1 is 1.19 bits per heavy atom. The lowest BCUT2D eigenvalue weighted by Gasteiger charge is -2.26. The Kier molecular flexibility index (Phi) is 6.33. The van der Waals surface area contributed by atoms with E-state index >= 15 is 0 Å². The number of hydrogen-bond acceptors (Lipinski definition) is 3. The van der Waals surface area contributed by atoms with Gasteiger partial charge >= 0.3 is 0 Å². The normalized spacial score (nSPS) is 16.6. The first-order valence-electron chi connectivity index (χ1n) is 10.8. The van der Waals surface area contributed by atoms with Crippen LogP contribution < -0.4 is 5.32 Å².